The first kappa shape index (κ1) is 11.7. The monoisotopic (exact) mass is 252 g/mol. The van der Waals surface area contributed by atoms with Crippen LogP contribution >= 0.6 is 0 Å². The van der Waals surface area contributed by atoms with Crippen molar-refractivity contribution in [2.24, 2.45) is 7.05 Å². The molecule has 0 amide bonds. The molecule has 0 unspecified atom stereocenters. The number of hydrogen-bond acceptors (Lipinski definition) is 4. The van der Waals surface area contributed by atoms with Crippen LogP contribution in [0.3, 0.4) is 0 Å². The number of hydrogen-bond donors (Lipinski definition) is 1. The number of aromatic hydroxyl groups is 1. The fraction of sp³-hybridized carbons (Fsp3) is 0.182. The molecule has 5 nitrogen and oxygen atoms in total. The van der Waals surface area contributed by atoms with E-state index in [0.717, 1.165) is 4.68 Å². The summed E-state index contributed by atoms with van der Waals surface area (Å²) in [7, 11) is -2.22. The minimum atomic E-state index is -3.71. The average Bonchev–Trinajstić information content (AvgIpc) is 2.54. The minimum absolute atomic E-state index is 0.133. The van der Waals surface area contributed by atoms with Crippen LogP contribution in [-0.2, 0) is 16.9 Å². The van der Waals surface area contributed by atoms with Crippen LogP contribution in [0.15, 0.2) is 40.1 Å². The van der Waals surface area contributed by atoms with Gasteiger partial charge in [-0.3, -0.25) is 0 Å². The molecule has 0 bridgehead atoms. The second-order valence-electron chi connectivity index (χ2n) is 3.68. The third kappa shape index (κ3) is 1.80. The van der Waals surface area contributed by atoms with Gasteiger partial charge in [-0.1, -0.05) is 18.2 Å². The number of benzene rings is 1. The van der Waals surface area contributed by atoms with E-state index >= 15 is 0 Å². The Balaban J connectivity index is 2.69. The van der Waals surface area contributed by atoms with Crippen molar-refractivity contribution in [2.75, 3.05) is 0 Å². The molecule has 0 aliphatic carbocycles. The van der Waals surface area contributed by atoms with E-state index in [0.29, 0.717) is 0 Å². The first-order valence-corrected chi connectivity index (χ1v) is 6.45. The van der Waals surface area contributed by atoms with Gasteiger partial charge < -0.3 is 5.11 Å². The number of rotatable bonds is 2. The van der Waals surface area contributed by atoms with E-state index in [1.54, 1.807) is 25.1 Å². The lowest BCUT2D eigenvalue weighted by Crippen LogP contribution is -2.02. The SMILES string of the molecule is Cc1nn(C)c(O)c1S(=O)(=O)c1ccccc1. The van der Waals surface area contributed by atoms with Crippen molar-refractivity contribution in [3.8, 4) is 5.88 Å². The summed E-state index contributed by atoms with van der Waals surface area (Å²) in [6.45, 7) is 1.55. The smallest absolute Gasteiger partial charge is 0.229 e. The molecule has 0 spiro atoms. The van der Waals surface area contributed by atoms with Crippen LogP contribution in [0.1, 0.15) is 5.69 Å². The maximum atomic E-state index is 12.3. The molecule has 17 heavy (non-hydrogen) atoms. The van der Waals surface area contributed by atoms with E-state index in [4.69, 9.17) is 0 Å². The van der Waals surface area contributed by atoms with E-state index in [-0.39, 0.29) is 21.4 Å². The first-order chi connectivity index (χ1) is 7.94. The first-order valence-electron chi connectivity index (χ1n) is 4.97. The average molecular weight is 252 g/mol. The molecule has 0 radical (unpaired) electrons. The number of aryl methyl sites for hydroxylation is 2. The molecule has 2 aromatic rings. The van der Waals surface area contributed by atoms with Gasteiger partial charge in [-0.25, -0.2) is 13.1 Å². The Morgan fingerprint density at radius 1 is 1.24 bits per heavy atom. The summed E-state index contributed by atoms with van der Waals surface area (Å²) in [5, 5.41) is 13.6. The lowest BCUT2D eigenvalue weighted by Gasteiger charge is -2.03. The van der Waals surface area contributed by atoms with E-state index < -0.39 is 9.84 Å². The van der Waals surface area contributed by atoms with Crippen molar-refractivity contribution in [2.45, 2.75) is 16.7 Å². The molecule has 1 N–H and O–H groups in total. The molecule has 90 valence electrons. The maximum Gasteiger partial charge on any atom is 0.229 e. The van der Waals surface area contributed by atoms with Crippen LogP contribution in [0.5, 0.6) is 5.88 Å². The molecule has 0 aliphatic rings. The molecule has 1 aromatic carbocycles. The third-order valence-corrected chi connectivity index (χ3v) is 4.37. The minimum Gasteiger partial charge on any atom is -0.493 e. The molecular weight excluding hydrogens is 240 g/mol. The summed E-state index contributed by atoms with van der Waals surface area (Å²) in [5.41, 5.74) is 0.286. The van der Waals surface area contributed by atoms with Crippen LogP contribution < -0.4 is 0 Å². The Hall–Kier alpha value is -1.82. The standard InChI is InChI=1S/C11H12N2O3S/c1-8-10(11(14)13(2)12-8)17(15,16)9-6-4-3-5-7-9/h3-7,14H,1-2H3. The summed E-state index contributed by atoms with van der Waals surface area (Å²) in [5.74, 6) is -0.341. The van der Waals surface area contributed by atoms with Crippen LogP contribution in [0, 0.1) is 6.92 Å². The molecule has 1 aromatic heterocycles. The highest BCUT2D eigenvalue weighted by molar-refractivity contribution is 7.91. The van der Waals surface area contributed by atoms with Crippen molar-refractivity contribution in [1.29, 1.82) is 0 Å². The van der Waals surface area contributed by atoms with E-state index in [2.05, 4.69) is 5.10 Å². The molecular formula is C11H12N2O3S. The van der Waals surface area contributed by atoms with Gasteiger partial charge in [0.15, 0.2) is 4.90 Å². The molecule has 6 heteroatoms. The quantitative estimate of drug-likeness (QED) is 0.873. The molecule has 1 heterocycles. The Bertz CT molecular complexity index is 645. The number of nitrogens with zero attached hydrogens (tertiary/aromatic N) is 2. The number of sulfone groups is 1. The van der Waals surface area contributed by atoms with Gasteiger partial charge >= 0.3 is 0 Å². The second kappa shape index (κ2) is 3.89. The molecule has 0 saturated heterocycles. The summed E-state index contributed by atoms with van der Waals surface area (Å²) in [6.07, 6.45) is 0. The van der Waals surface area contributed by atoms with Crippen molar-refractivity contribution in [1.82, 2.24) is 9.78 Å². The van der Waals surface area contributed by atoms with Crippen LogP contribution in [0.4, 0.5) is 0 Å². The van der Waals surface area contributed by atoms with Gasteiger partial charge in [0, 0.05) is 7.05 Å². The highest BCUT2D eigenvalue weighted by Gasteiger charge is 2.27. The second-order valence-corrected chi connectivity index (χ2v) is 5.56. The van der Waals surface area contributed by atoms with Gasteiger partial charge in [-0.05, 0) is 19.1 Å². The van der Waals surface area contributed by atoms with Crippen LogP contribution in [-0.4, -0.2) is 23.3 Å². The predicted molar refractivity (Wildman–Crippen MR) is 61.5 cm³/mol. The normalized spacial score (nSPS) is 11.6. The highest BCUT2D eigenvalue weighted by Crippen LogP contribution is 2.30. The molecule has 2 rings (SSSR count). The zero-order valence-electron chi connectivity index (χ0n) is 9.45. The van der Waals surface area contributed by atoms with Gasteiger partial charge in [-0.2, -0.15) is 5.10 Å². The number of aromatic nitrogens is 2. The molecule has 0 atom stereocenters. The van der Waals surface area contributed by atoms with Crippen molar-refractivity contribution in [3.05, 3.63) is 36.0 Å². The van der Waals surface area contributed by atoms with Gasteiger partial charge in [-0.15, -0.1) is 0 Å². The molecule has 0 aliphatic heterocycles. The summed E-state index contributed by atoms with van der Waals surface area (Å²) in [6, 6.07) is 7.97. The zero-order chi connectivity index (χ0) is 12.6. The van der Waals surface area contributed by atoms with Gasteiger partial charge in [0.05, 0.1) is 10.6 Å². The third-order valence-electron chi connectivity index (χ3n) is 2.46. The molecule has 0 fully saturated rings. The zero-order valence-corrected chi connectivity index (χ0v) is 10.3. The van der Waals surface area contributed by atoms with Crippen LogP contribution in [0.2, 0.25) is 0 Å². The van der Waals surface area contributed by atoms with E-state index in [1.165, 1.54) is 19.2 Å². The summed E-state index contributed by atoms with van der Waals surface area (Å²) >= 11 is 0. The van der Waals surface area contributed by atoms with Crippen molar-refractivity contribution < 1.29 is 13.5 Å². The van der Waals surface area contributed by atoms with Gasteiger partial charge in [0.2, 0.25) is 15.7 Å². The molecule has 0 saturated carbocycles. The van der Waals surface area contributed by atoms with Gasteiger partial charge in [0.25, 0.3) is 0 Å². The fourth-order valence-electron chi connectivity index (χ4n) is 1.66. The highest BCUT2D eigenvalue weighted by atomic mass is 32.2. The predicted octanol–water partition coefficient (Wildman–Crippen LogP) is 1.27. The van der Waals surface area contributed by atoms with E-state index in [9.17, 15) is 13.5 Å². The fourth-order valence-corrected chi connectivity index (χ4v) is 3.21. The van der Waals surface area contributed by atoms with Crippen molar-refractivity contribution in [3.63, 3.8) is 0 Å². The summed E-state index contributed by atoms with van der Waals surface area (Å²) in [4.78, 5) is 0.0117. The maximum absolute atomic E-state index is 12.3. The lowest BCUT2D eigenvalue weighted by atomic mass is 10.4. The Labute approximate surface area is 99.2 Å². The van der Waals surface area contributed by atoms with Crippen molar-refractivity contribution >= 4 is 9.84 Å². The largest absolute Gasteiger partial charge is 0.493 e. The summed E-state index contributed by atoms with van der Waals surface area (Å²) < 4.78 is 25.7. The van der Waals surface area contributed by atoms with Crippen LogP contribution in [0.25, 0.3) is 0 Å². The van der Waals surface area contributed by atoms with E-state index in [1.807, 2.05) is 0 Å². The lowest BCUT2D eigenvalue weighted by molar-refractivity contribution is 0.407. The Morgan fingerprint density at radius 2 is 1.82 bits per heavy atom. The topological polar surface area (TPSA) is 72.2 Å². The Kier molecular flexibility index (Phi) is 2.66. The van der Waals surface area contributed by atoms with Gasteiger partial charge in [0.1, 0.15) is 0 Å². The Morgan fingerprint density at radius 3 is 2.29 bits per heavy atom.